The van der Waals surface area contributed by atoms with Gasteiger partial charge in [0.2, 0.25) is 0 Å². The second kappa shape index (κ2) is 7.41. The van der Waals surface area contributed by atoms with Gasteiger partial charge in [0, 0.05) is 12.1 Å². The third-order valence-electron chi connectivity index (χ3n) is 10.7. The molecule has 4 aliphatic rings. The fraction of sp³-hybridized carbons (Fsp3) is 0.923. The summed E-state index contributed by atoms with van der Waals surface area (Å²) < 4.78 is 0. The van der Waals surface area contributed by atoms with Crippen molar-refractivity contribution in [1.82, 2.24) is 9.80 Å². The first-order chi connectivity index (χ1) is 13.2. The maximum atomic E-state index is 2.74. The maximum absolute atomic E-state index is 2.74. The van der Waals surface area contributed by atoms with E-state index in [2.05, 4.69) is 64.7 Å². The van der Waals surface area contributed by atoms with Crippen LogP contribution < -0.4 is 0 Å². The molecule has 2 heteroatoms. The first kappa shape index (κ1) is 20.9. The molecule has 4 aliphatic carbocycles. The lowest BCUT2D eigenvalue weighted by Crippen LogP contribution is -2.52. The van der Waals surface area contributed by atoms with E-state index in [4.69, 9.17) is 0 Å². The second-order valence-electron chi connectivity index (χ2n) is 11.7. The van der Waals surface area contributed by atoms with Crippen LogP contribution in [0.25, 0.3) is 0 Å². The van der Waals surface area contributed by atoms with Crippen LogP contribution in [0, 0.1) is 34.5 Å². The van der Waals surface area contributed by atoms with Crippen molar-refractivity contribution in [2.24, 2.45) is 34.5 Å². The lowest BCUT2D eigenvalue weighted by Gasteiger charge is -2.59. The average Bonchev–Trinajstić information content (AvgIpc) is 3.03. The summed E-state index contributed by atoms with van der Waals surface area (Å²) >= 11 is 0. The molecule has 28 heavy (non-hydrogen) atoms. The van der Waals surface area contributed by atoms with Gasteiger partial charge in [-0.2, -0.15) is 0 Å². The third-order valence-corrected chi connectivity index (χ3v) is 10.7. The highest BCUT2D eigenvalue weighted by Crippen LogP contribution is 2.66. The van der Waals surface area contributed by atoms with E-state index in [0.717, 1.165) is 35.8 Å². The zero-order chi connectivity index (χ0) is 20.3. The lowest BCUT2D eigenvalue weighted by atomic mass is 9.47. The minimum atomic E-state index is 0.501. The van der Waals surface area contributed by atoms with Crippen molar-refractivity contribution in [2.45, 2.75) is 91.1 Å². The summed E-state index contributed by atoms with van der Waals surface area (Å²) in [5.41, 5.74) is 2.91. The largest absolute Gasteiger partial charge is 0.306 e. The molecule has 0 aliphatic heterocycles. The Kier molecular flexibility index (Phi) is 5.54. The number of hydrogen-bond donors (Lipinski definition) is 0. The molecule has 8 unspecified atom stereocenters. The van der Waals surface area contributed by atoms with Gasteiger partial charge in [0.25, 0.3) is 0 Å². The summed E-state index contributed by atoms with van der Waals surface area (Å²) in [6.45, 7) is 11.3. The molecule has 0 heterocycles. The van der Waals surface area contributed by atoms with Crippen LogP contribution in [-0.4, -0.2) is 49.6 Å². The zero-order valence-corrected chi connectivity index (χ0v) is 19.8. The van der Waals surface area contributed by atoms with E-state index in [0.29, 0.717) is 10.8 Å². The minimum Gasteiger partial charge on any atom is -0.306 e. The standard InChI is InChI=1S/C26H46N2/c1-8-28(7)20-13-15-25(3)19(17-20)9-10-21-23-12-11-22(18(2)27(5)6)26(23,4)16-14-24(21)25/h9,18,20-24H,8,10-17H2,1-7H3. The van der Waals surface area contributed by atoms with Crippen LogP contribution in [0.5, 0.6) is 0 Å². The molecule has 0 saturated heterocycles. The molecule has 0 spiro atoms. The fourth-order valence-electron chi connectivity index (χ4n) is 8.47. The van der Waals surface area contributed by atoms with Crippen LogP contribution in [0.15, 0.2) is 11.6 Å². The number of nitrogens with zero attached hydrogens (tertiary/aromatic N) is 2. The Morgan fingerprint density at radius 3 is 2.46 bits per heavy atom. The minimum absolute atomic E-state index is 0.501. The molecule has 0 aromatic heterocycles. The molecule has 8 atom stereocenters. The molecule has 0 radical (unpaired) electrons. The number of allylic oxidation sites excluding steroid dienone is 1. The molecule has 0 aromatic rings. The van der Waals surface area contributed by atoms with Gasteiger partial charge in [0.15, 0.2) is 0 Å². The first-order valence-corrected chi connectivity index (χ1v) is 12.3. The van der Waals surface area contributed by atoms with Crippen LogP contribution >= 0.6 is 0 Å². The summed E-state index contributed by atoms with van der Waals surface area (Å²) in [7, 11) is 6.90. The van der Waals surface area contributed by atoms with Crippen LogP contribution in [0.1, 0.15) is 79.1 Å². The van der Waals surface area contributed by atoms with Gasteiger partial charge in [-0.3, -0.25) is 0 Å². The Balaban J connectivity index is 1.57. The number of fused-ring (bicyclic) bond motifs is 5. The Hall–Kier alpha value is -0.340. The van der Waals surface area contributed by atoms with Gasteiger partial charge in [-0.15, -0.1) is 0 Å². The van der Waals surface area contributed by atoms with Gasteiger partial charge in [0.1, 0.15) is 0 Å². The van der Waals surface area contributed by atoms with E-state index >= 15 is 0 Å². The van der Waals surface area contributed by atoms with Crippen molar-refractivity contribution in [1.29, 1.82) is 0 Å². The summed E-state index contributed by atoms with van der Waals surface area (Å²) in [6.07, 6.45) is 14.2. The predicted octanol–water partition coefficient (Wildman–Crippen LogP) is 5.84. The molecular weight excluding hydrogens is 340 g/mol. The quantitative estimate of drug-likeness (QED) is 0.560. The predicted molar refractivity (Wildman–Crippen MR) is 120 cm³/mol. The van der Waals surface area contributed by atoms with Crippen molar-refractivity contribution >= 4 is 0 Å². The fourth-order valence-corrected chi connectivity index (χ4v) is 8.47. The normalized spacial score (nSPS) is 46.8. The lowest BCUT2D eigenvalue weighted by molar-refractivity contribution is -0.0554. The van der Waals surface area contributed by atoms with Crippen molar-refractivity contribution in [3.63, 3.8) is 0 Å². The van der Waals surface area contributed by atoms with Gasteiger partial charge < -0.3 is 9.80 Å². The highest BCUT2D eigenvalue weighted by molar-refractivity contribution is 5.26. The van der Waals surface area contributed by atoms with Gasteiger partial charge in [-0.1, -0.05) is 32.4 Å². The van der Waals surface area contributed by atoms with Crippen molar-refractivity contribution in [2.75, 3.05) is 27.7 Å². The Labute approximate surface area is 175 Å². The highest BCUT2D eigenvalue weighted by atomic mass is 15.1. The molecule has 3 saturated carbocycles. The number of rotatable bonds is 4. The van der Waals surface area contributed by atoms with E-state index in [1.54, 1.807) is 0 Å². The maximum Gasteiger partial charge on any atom is 0.0130 e. The zero-order valence-electron chi connectivity index (χ0n) is 19.8. The molecular formula is C26H46N2. The third kappa shape index (κ3) is 3.04. The summed E-state index contributed by atoms with van der Waals surface area (Å²) in [4.78, 5) is 5.07. The Morgan fingerprint density at radius 1 is 1.04 bits per heavy atom. The molecule has 3 fully saturated rings. The Bertz CT molecular complexity index is 610. The topological polar surface area (TPSA) is 6.48 Å². The first-order valence-electron chi connectivity index (χ1n) is 12.3. The van der Waals surface area contributed by atoms with Gasteiger partial charge >= 0.3 is 0 Å². The second-order valence-corrected chi connectivity index (χ2v) is 11.7. The monoisotopic (exact) mass is 386 g/mol. The van der Waals surface area contributed by atoms with Crippen LogP contribution in [0.3, 0.4) is 0 Å². The molecule has 0 amide bonds. The van der Waals surface area contributed by atoms with Crippen molar-refractivity contribution in [3.05, 3.63) is 11.6 Å². The average molecular weight is 387 g/mol. The van der Waals surface area contributed by atoms with E-state index in [9.17, 15) is 0 Å². The van der Waals surface area contributed by atoms with Crippen LogP contribution in [0.4, 0.5) is 0 Å². The van der Waals surface area contributed by atoms with Gasteiger partial charge in [0.05, 0.1) is 0 Å². The van der Waals surface area contributed by atoms with Gasteiger partial charge in [-0.05, 0) is 120 Å². The molecule has 2 nitrogen and oxygen atoms in total. The van der Waals surface area contributed by atoms with Crippen LogP contribution in [-0.2, 0) is 0 Å². The number of hydrogen-bond acceptors (Lipinski definition) is 2. The SMILES string of the molecule is CCN(C)C1CCC2(C)C(=CCC3C2CCC2(C)C3CCC2C(C)N(C)C)C1. The van der Waals surface area contributed by atoms with E-state index in [1.807, 2.05) is 5.57 Å². The summed E-state index contributed by atoms with van der Waals surface area (Å²) in [6, 6.07) is 1.50. The van der Waals surface area contributed by atoms with E-state index in [1.165, 1.54) is 57.9 Å². The smallest absolute Gasteiger partial charge is 0.0130 e. The van der Waals surface area contributed by atoms with Crippen molar-refractivity contribution < 1.29 is 0 Å². The van der Waals surface area contributed by atoms with E-state index < -0.39 is 0 Å². The van der Waals surface area contributed by atoms with Crippen molar-refractivity contribution in [3.8, 4) is 0 Å². The molecule has 0 bridgehead atoms. The Morgan fingerprint density at radius 2 is 1.79 bits per heavy atom. The highest BCUT2D eigenvalue weighted by Gasteiger charge is 2.59. The van der Waals surface area contributed by atoms with Gasteiger partial charge in [-0.25, -0.2) is 0 Å². The molecule has 0 N–H and O–H groups in total. The van der Waals surface area contributed by atoms with Crippen LogP contribution in [0.2, 0.25) is 0 Å². The summed E-state index contributed by atoms with van der Waals surface area (Å²) in [5, 5.41) is 0. The molecule has 160 valence electrons. The van der Waals surface area contributed by atoms with E-state index in [-0.39, 0.29) is 0 Å². The summed E-state index contributed by atoms with van der Waals surface area (Å²) in [5.74, 6) is 3.75. The molecule has 0 aromatic carbocycles. The molecule has 4 rings (SSSR count).